The van der Waals surface area contributed by atoms with E-state index >= 15 is 0 Å². The van der Waals surface area contributed by atoms with Gasteiger partial charge in [0, 0.05) is 30.1 Å². The van der Waals surface area contributed by atoms with E-state index < -0.39 is 0 Å². The normalized spacial score (nSPS) is 19.6. The molecule has 0 spiro atoms. The van der Waals surface area contributed by atoms with Crippen LogP contribution in [0, 0.1) is 5.92 Å². The largest absolute Gasteiger partial charge is 0.353 e. The fourth-order valence-corrected chi connectivity index (χ4v) is 3.05. The van der Waals surface area contributed by atoms with Crippen LogP contribution in [0.25, 0.3) is 0 Å². The van der Waals surface area contributed by atoms with Crippen molar-refractivity contribution in [3.05, 3.63) is 34.9 Å². The lowest BCUT2D eigenvalue weighted by molar-refractivity contribution is -0.130. The van der Waals surface area contributed by atoms with Crippen molar-refractivity contribution >= 4 is 23.4 Å². The zero-order valence-electron chi connectivity index (χ0n) is 13.3. The molecule has 1 aliphatic rings. The molecule has 22 heavy (non-hydrogen) atoms. The Morgan fingerprint density at radius 3 is 2.73 bits per heavy atom. The summed E-state index contributed by atoms with van der Waals surface area (Å²) in [5.74, 6) is -0.208. The third kappa shape index (κ3) is 4.23. The van der Waals surface area contributed by atoms with Gasteiger partial charge in [-0.05, 0) is 44.9 Å². The van der Waals surface area contributed by atoms with Crippen LogP contribution >= 0.6 is 11.6 Å². The van der Waals surface area contributed by atoms with Gasteiger partial charge in [0.1, 0.15) is 0 Å². The molecule has 1 saturated heterocycles. The summed E-state index contributed by atoms with van der Waals surface area (Å²) in [6, 6.07) is 7.79. The summed E-state index contributed by atoms with van der Waals surface area (Å²) in [4.78, 5) is 26.0. The summed E-state index contributed by atoms with van der Waals surface area (Å²) in [7, 11) is 0. The van der Waals surface area contributed by atoms with Gasteiger partial charge in [-0.1, -0.05) is 23.7 Å². The highest BCUT2D eigenvalue weighted by Crippen LogP contribution is 2.20. The number of hydrogen-bond donors (Lipinski definition) is 1. The van der Waals surface area contributed by atoms with Crippen molar-refractivity contribution in [1.29, 1.82) is 0 Å². The minimum atomic E-state index is -0.239. The predicted molar refractivity (Wildman–Crippen MR) is 87.7 cm³/mol. The second-order valence-electron chi connectivity index (χ2n) is 6.28. The van der Waals surface area contributed by atoms with Gasteiger partial charge in [0.25, 0.3) is 0 Å². The first-order chi connectivity index (χ1) is 10.4. The Labute approximate surface area is 136 Å². The van der Waals surface area contributed by atoms with Crippen LogP contribution in [0.2, 0.25) is 5.02 Å². The van der Waals surface area contributed by atoms with Crippen LogP contribution in [0.3, 0.4) is 0 Å². The zero-order chi connectivity index (χ0) is 16.3. The molecule has 0 radical (unpaired) electrons. The van der Waals surface area contributed by atoms with E-state index in [1.165, 1.54) is 0 Å². The lowest BCUT2D eigenvalue weighted by atomic mass is 10.0. The standard InChI is InChI=1S/C17H23ClN2O2/c1-11(2)20-10-14(9-16(20)21)17(22)19-12(3)7-13-5-4-6-15(18)8-13/h4-6,8,11-12,14H,7,9-10H2,1-3H3,(H,19,22)/t12-,14-/m0/s1. The monoisotopic (exact) mass is 322 g/mol. The molecule has 2 amide bonds. The van der Waals surface area contributed by atoms with Gasteiger partial charge in [-0.2, -0.15) is 0 Å². The zero-order valence-corrected chi connectivity index (χ0v) is 14.1. The van der Waals surface area contributed by atoms with Gasteiger partial charge in [0.05, 0.1) is 5.92 Å². The Kier molecular flexibility index (Phi) is 5.46. The summed E-state index contributed by atoms with van der Waals surface area (Å²) < 4.78 is 0. The van der Waals surface area contributed by atoms with Crippen molar-refractivity contribution in [2.45, 2.75) is 45.7 Å². The maximum absolute atomic E-state index is 12.3. The van der Waals surface area contributed by atoms with Crippen LogP contribution in [-0.4, -0.2) is 35.3 Å². The molecule has 120 valence electrons. The number of likely N-dealkylation sites (tertiary alicyclic amines) is 1. The fraction of sp³-hybridized carbons (Fsp3) is 0.529. The number of rotatable bonds is 5. The van der Waals surface area contributed by atoms with Gasteiger partial charge in [0.15, 0.2) is 0 Å². The van der Waals surface area contributed by atoms with E-state index in [1.807, 2.05) is 45.0 Å². The molecule has 2 atom stereocenters. The van der Waals surface area contributed by atoms with E-state index in [0.717, 1.165) is 12.0 Å². The molecule has 0 unspecified atom stereocenters. The summed E-state index contributed by atoms with van der Waals surface area (Å²) in [5, 5.41) is 3.71. The first kappa shape index (κ1) is 16.8. The molecule has 0 aromatic heterocycles. The van der Waals surface area contributed by atoms with Crippen molar-refractivity contribution in [1.82, 2.24) is 10.2 Å². The van der Waals surface area contributed by atoms with Gasteiger partial charge in [-0.25, -0.2) is 0 Å². The average molecular weight is 323 g/mol. The first-order valence-electron chi connectivity index (χ1n) is 7.71. The number of halogens is 1. The molecule has 1 fully saturated rings. The second-order valence-corrected chi connectivity index (χ2v) is 6.72. The maximum Gasteiger partial charge on any atom is 0.225 e. The molecule has 0 bridgehead atoms. The predicted octanol–water partition coefficient (Wildman–Crippen LogP) is 2.64. The summed E-state index contributed by atoms with van der Waals surface area (Å²) in [6.07, 6.45) is 1.04. The molecular formula is C17H23ClN2O2. The van der Waals surface area contributed by atoms with E-state index in [0.29, 0.717) is 18.0 Å². The Hall–Kier alpha value is -1.55. The molecule has 0 saturated carbocycles. The van der Waals surface area contributed by atoms with Crippen molar-refractivity contribution < 1.29 is 9.59 Å². The van der Waals surface area contributed by atoms with Crippen LogP contribution in [0.5, 0.6) is 0 Å². The molecule has 0 aliphatic carbocycles. The van der Waals surface area contributed by atoms with E-state index in [4.69, 9.17) is 11.6 Å². The van der Waals surface area contributed by atoms with Crippen LogP contribution in [0.4, 0.5) is 0 Å². The minimum absolute atomic E-state index is 0.00849. The Morgan fingerprint density at radius 1 is 1.41 bits per heavy atom. The van der Waals surface area contributed by atoms with E-state index in [1.54, 1.807) is 4.90 Å². The number of nitrogens with one attached hydrogen (secondary N) is 1. The number of carbonyl (C=O) groups is 2. The van der Waals surface area contributed by atoms with Crippen LogP contribution in [0.1, 0.15) is 32.8 Å². The third-order valence-corrected chi connectivity index (χ3v) is 4.21. The number of nitrogens with zero attached hydrogens (tertiary/aromatic N) is 1. The first-order valence-corrected chi connectivity index (χ1v) is 8.09. The summed E-state index contributed by atoms with van der Waals surface area (Å²) in [5.41, 5.74) is 1.09. The van der Waals surface area contributed by atoms with Gasteiger partial charge in [-0.3, -0.25) is 9.59 Å². The molecular weight excluding hydrogens is 300 g/mol. The minimum Gasteiger partial charge on any atom is -0.353 e. The van der Waals surface area contributed by atoms with Crippen LogP contribution in [-0.2, 0) is 16.0 Å². The smallest absolute Gasteiger partial charge is 0.225 e. The van der Waals surface area contributed by atoms with Gasteiger partial charge in [0.2, 0.25) is 11.8 Å². The molecule has 5 heteroatoms. The van der Waals surface area contributed by atoms with Crippen molar-refractivity contribution in [3.63, 3.8) is 0 Å². The van der Waals surface area contributed by atoms with E-state index in [-0.39, 0.29) is 29.8 Å². The second kappa shape index (κ2) is 7.14. The lowest BCUT2D eigenvalue weighted by Gasteiger charge is -2.21. The molecule has 1 N–H and O–H groups in total. The van der Waals surface area contributed by atoms with E-state index in [2.05, 4.69) is 5.32 Å². The van der Waals surface area contributed by atoms with Crippen LogP contribution in [0.15, 0.2) is 24.3 Å². The van der Waals surface area contributed by atoms with Gasteiger partial charge in [-0.15, -0.1) is 0 Å². The highest BCUT2D eigenvalue weighted by Gasteiger charge is 2.35. The summed E-state index contributed by atoms with van der Waals surface area (Å²) >= 11 is 5.97. The number of amides is 2. The third-order valence-electron chi connectivity index (χ3n) is 3.97. The van der Waals surface area contributed by atoms with Gasteiger partial charge < -0.3 is 10.2 Å². The number of carbonyl (C=O) groups excluding carboxylic acids is 2. The Bertz CT molecular complexity index is 559. The molecule has 1 aromatic carbocycles. The Balaban J connectivity index is 1.88. The molecule has 1 aromatic rings. The lowest BCUT2D eigenvalue weighted by Crippen LogP contribution is -2.40. The Morgan fingerprint density at radius 2 is 2.14 bits per heavy atom. The number of hydrogen-bond acceptors (Lipinski definition) is 2. The summed E-state index contributed by atoms with van der Waals surface area (Å²) in [6.45, 7) is 6.43. The van der Waals surface area contributed by atoms with Crippen LogP contribution < -0.4 is 5.32 Å². The fourth-order valence-electron chi connectivity index (χ4n) is 2.84. The van der Waals surface area contributed by atoms with Crippen molar-refractivity contribution in [3.8, 4) is 0 Å². The highest BCUT2D eigenvalue weighted by atomic mass is 35.5. The molecule has 1 aliphatic heterocycles. The SMILES string of the molecule is CC(C)N1C[C@@H](C(=O)N[C@@H](C)Cc2cccc(Cl)c2)CC1=O. The molecule has 1 heterocycles. The quantitative estimate of drug-likeness (QED) is 0.906. The topological polar surface area (TPSA) is 49.4 Å². The van der Waals surface area contributed by atoms with Crippen molar-refractivity contribution in [2.24, 2.45) is 5.92 Å². The number of benzene rings is 1. The van der Waals surface area contributed by atoms with Gasteiger partial charge >= 0.3 is 0 Å². The van der Waals surface area contributed by atoms with Crippen molar-refractivity contribution in [2.75, 3.05) is 6.54 Å². The molecule has 2 rings (SSSR count). The molecule has 4 nitrogen and oxygen atoms in total. The highest BCUT2D eigenvalue weighted by molar-refractivity contribution is 6.30. The average Bonchev–Trinajstić information content (AvgIpc) is 2.81. The maximum atomic E-state index is 12.3. The van der Waals surface area contributed by atoms with E-state index in [9.17, 15) is 9.59 Å².